The second-order valence-electron chi connectivity index (χ2n) is 5.53. The van der Waals surface area contributed by atoms with Gasteiger partial charge in [-0.3, -0.25) is 9.52 Å². The van der Waals surface area contributed by atoms with Gasteiger partial charge in [0.2, 0.25) is 10.0 Å². The van der Waals surface area contributed by atoms with Crippen LogP contribution in [0.1, 0.15) is 40.4 Å². The maximum atomic E-state index is 12.3. The molecule has 0 aliphatic heterocycles. The van der Waals surface area contributed by atoms with Crippen LogP contribution in [0, 0.1) is 13.8 Å². The van der Waals surface area contributed by atoms with Gasteiger partial charge in [0.1, 0.15) is 5.76 Å². The first-order valence-electron chi connectivity index (χ1n) is 7.12. The van der Waals surface area contributed by atoms with Crippen molar-refractivity contribution in [2.24, 2.45) is 0 Å². The number of benzene rings is 1. The lowest BCUT2D eigenvalue weighted by molar-refractivity contribution is 0.0910. The zero-order valence-corrected chi connectivity index (χ0v) is 14.3. The SMILES string of the molecule is Cc1cc(C)c(C(=O)NC(C)c2ccccc2NS(C)(=O)=O)o1. The van der Waals surface area contributed by atoms with Crippen molar-refractivity contribution in [3.8, 4) is 0 Å². The number of para-hydroxylation sites is 1. The third-order valence-electron chi connectivity index (χ3n) is 3.32. The van der Waals surface area contributed by atoms with Crippen LogP contribution in [0.25, 0.3) is 0 Å². The van der Waals surface area contributed by atoms with Gasteiger partial charge in [-0.15, -0.1) is 0 Å². The van der Waals surface area contributed by atoms with Crippen molar-refractivity contribution in [1.82, 2.24) is 5.32 Å². The van der Waals surface area contributed by atoms with E-state index in [1.165, 1.54) is 0 Å². The predicted octanol–water partition coefficient (Wildman–Crippen LogP) is 2.76. The standard InChI is InChI=1S/C16H20N2O4S/c1-10-9-11(2)22-15(10)16(19)17-12(3)13-7-5-6-8-14(13)18-23(4,20)21/h5-9,12,18H,1-4H3,(H,17,19). The first-order chi connectivity index (χ1) is 10.7. The molecule has 0 spiro atoms. The summed E-state index contributed by atoms with van der Waals surface area (Å²) in [5.41, 5.74) is 1.87. The molecule has 23 heavy (non-hydrogen) atoms. The van der Waals surface area contributed by atoms with E-state index < -0.39 is 16.1 Å². The van der Waals surface area contributed by atoms with Gasteiger partial charge in [-0.05, 0) is 38.5 Å². The number of carbonyl (C=O) groups excluding carboxylic acids is 1. The number of hydrogen-bond donors (Lipinski definition) is 2. The van der Waals surface area contributed by atoms with E-state index in [4.69, 9.17) is 4.42 Å². The maximum Gasteiger partial charge on any atom is 0.287 e. The van der Waals surface area contributed by atoms with Gasteiger partial charge >= 0.3 is 0 Å². The molecule has 2 rings (SSSR count). The third-order valence-corrected chi connectivity index (χ3v) is 3.91. The fraction of sp³-hybridized carbons (Fsp3) is 0.312. The Hall–Kier alpha value is -2.28. The predicted molar refractivity (Wildman–Crippen MR) is 89.0 cm³/mol. The molecule has 1 heterocycles. The lowest BCUT2D eigenvalue weighted by Crippen LogP contribution is -2.27. The molecule has 0 fully saturated rings. The summed E-state index contributed by atoms with van der Waals surface area (Å²) in [5.74, 6) is 0.597. The van der Waals surface area contributed by atoms with Crippen molar-refractivity contribution in [1.29, 1.82) is 0 Å². The molecule has 1 aromatic carbocycles. The van der Waals surface area contributed by atoms with Crippen LogP contribution in [0.4, 0.5) is 5.69 Å². The van der Waals surface area contributed by atoms with Crippen molar-refractivity contribution in [3.05, 3.63) is 53.0 Å². The van der Waals surface area contributed by atoms with Gasteiger partial charge in [-0.1, -0.05) is 18.2 Å². The zero-order chi connectivity index (χ0) is 17.2. The third kappa shape index (κ3) is 4.35. The number of furan rings is 1. The topological polar surface area (TPSA) is 88.4 Å². The Labute approximate surface area is 135 Å². The van der Waals surface area contributed by atoms with Gasteiger partial charge in [0, 0.05) is 5.56 Å². The molecule has 0 radical (unpaired) electrons. The van der Waals surface area contributed by atoms with Crippen molar-refractivity contribution in [3.63, 3.8) is 0 Å². The Balaban J connectivity index is 2.22. The number of aryl methyl sites for hydroxylation is 2. The normalized spacial score (nSPS) is 12.7. The fourth-order valence-corrected chi connectivity index (χ4v) is 2.96. The molecular formula is C16H20N2O4S. The van der Waals surface area contributed by atoms with E-state index in [1.807, 2.05) is 0 Å². The minimum atomic E-state index is -3.40. The van der Waals surface area contributed by atoms with Gasteiger partial charge in [-0.25, -0.2) is 8.42 Å². The van der Waals surface area contributed by atoms with Crippen molar-refractivity contribution in [2.45, 2.75) is 26.8 Å². The average Bonchev–Trinajstić information content (AvgIpc) is 2.76. The summed E-state index contributed by atoms with van der Waals surface area (Å²) < 4.78 is 30.8. The van der Waals surface area contributed by atoms with Crippen LogP contribution in [0.2, 0.25) is 0 Å². The lowest BCUT2D eigenvalue weighted by Gasteiger charge is -2.18. The lowest BCUT2D eigenvalue weighted by atomic mass is 10.1. The first-order valence-corrected chi connectivity index (χ1v) is 9.01. The molecule has 0 aliphatic rings. The molecule has 7 heteroatoms. The van der Waals surface area contributed by atoms with Gasteiger partial charge < -0.3 is 9.73 Å². The molecule has 1 aromatic heterocycles. The number of nitrogens with one attached hydrogen (secondary N) is 2. The largest absolute Gasteiger partial charge is 0.456 e. The summed E-state index contributed by atoms with van der Waals surface area (Å²) in [6.07, 6.45) is 1.09. The Bertz CT molecular complexity index is 824. The Morgan fingerprint density at radius 2 is 1.87 bits per heavy atom. The Morgan fingerprint density at radius 3 is 2.43 bits per heavy atom. The quantitative estimate of drug-likeness (QED) is 0.879. The van der Waals surface area contributed by atoms with Crippen LogP contribution in [0.15, 0.2) is 34.7 Å². The highest BCUT2D eigenvalue weighted by Crippen LogP contribution is 2.24. The highest BCUT2D eigenvalue weighted by Gasteiger charge is 2.19. The summed E-state index contributed by atoms with van der Waals surface area (Å²) in [6.45, 7) is 5.36. The second kappa shape index (κ2) is 6.45. The molecule has 1 atom stereocenters. The summed E-state index contributed by atoms with van der Waals surface area (Å²) in [7, 11) is -3.40. The maximum absolute atomic E-state index is 12.3. The Kier molecular flexibility index (Phi) is 4.79. The molecule has 0 saturated carbocycles. The van der Waals surface area contributed by atoms with Crippen LogP contribution >= 0.6 is 0 Å². The number of amides is 1. The molecule has 124 valence electrons. The summed E-state index contributed by atoms with van der Waals surface area (Å²) in [4.78, 5) is 12.3. The van der Waals surface area contributed by atoms with Crippen molar-refractivity contribution >= 4 is 21.6 Å². The summed E-state index contributed by atoms with van der Waals surface area (Å²) >= 11 is 0. The van der Waals surface area contributed by atoms with Gasteiger partial charge in [0.15, 0.2) is 5.76 Å². The molecule has 1 amide bonds. The Morgan fingerprint density at radius 1 is 1.22 bits per heavy atom. The van der Waals surface area contributed by atoms with Crippen LogP contribution in [-0.4, -0.2) is 20.6 Å². The average molecular weight is 336 g/mol. The molecule has 6 nitrogen and oxygen atoms in total. The first kappa shape index (κ1) is 17.1. The van der Waals surface area contributed by atoms with E-state index in [2.05, 4.69) is 10.0 Å². The second-order valence-corrected chi connectivity index (χ2v) is 7.27. The minimum Gasteiger partial charge on any atom is -0.456 e. The van der Waals surface area contributed by atoms with Crippen LogP contribution in [0.5, 0.6) is 0 Å². The highest BCUT2D eigenvalue weighted by atomic mass is 32.2. The monoisotopic (exact) mass is 336 g/mol. The number of hydrogen-bond acceptors (Lipinski definition) is 4. The van der Waals surface area contributed by atoms with E-state index in [9.17, 15) is 13.2 Å². The van der Waals surface area contributed by atoms with E-state index in [-0.39, 0.29) is 11.7 Å². The zero-order valence-electron chi connectivity index (χ0n) is 13.5. The van der Waals surface area contributed by atoms with Crippen LogP contribution in [-0.2, 0) is 10.0 Å². The molecule has 1 unspecified atom stereocenters. The minimum absolute atomic E-state index is 0.267. The van der Waals surface area contributed by atoms with Gasteiger partial charge in [-0.2, -0.15) is 0 Å². The molecule has 0 aliphatic carbocycles. The molecule has 0 saturated heterocycles. The number of carbonyl (C=O) groups is 1. The van der Waals surface area contributed by atoms with Crippen LogP contribution < -0.4 is 10.0 Å². The summed E-state index contributed by atoms with van der Waals surface area (Å²) in [5, 5.41) is 2.83. The smallest absolute Gasteiger partial charge is 0.287 e. The fourth-order valence-electron chi connectivity index (χ4n) is 2.37. The van der Waals surface area contributed by atoms with Gasteiger partial charge in [0.05, 0.1) is 18.0 Å². The number of sulfonamides is 1. The molecule has 2 aromatic rings. The van der Waals surface area contributed by atoms with Crippen molar-refractivity contribution < 1.29 is 17.6 Å². The van der Waals surface area contributed by atoms with E-state index in [1.54, 1.807) is 51.1 Å². The van der Waals surface area contributed by atoms with E-state index >= 15 is 0 Å². The number of anilines is 1. The molecule has 2 N–H and O–H groups in total. The molecular weight excluding hydrogens is 316 g/mol. The van der Waals surface area contributed by atoms with Gasteiger partial charge in [0.25, 0.3) is 5.91 Å². The van der Waals surface area contributed by atoms with E-state index in [0.717, 1.165) is 11.8 Å². The molecule has 0 bridgehead atoms. The summed E-state index contributed by atoms with van der Waals surface area (Å²) in [6, 6.07) is 8.33. The number of rotatable bonds is 5. The highest BCUT2D eigenvalue weighted by molar-refractivity contribution is 7.92. The van der Waals surface area contributed by atoms with Crippen molar-refractivity contribution in [2.75, 3.05) is 11.0 Å². The van der Waals surface area contributed by atoms with Crippen LogP contribution in [0.3, 0.4) is 0 Å². The van der Waals surface area contributed by atoms with E-state index in [0.29, 0.717) is 17.0 Å².